The molecule has 0 aliphatic heterocycles. The van der Waals surface area contributed by atoms with Crippen molar-refractivity contribution in [1.82, 2.24) is 4.98 Å². The first-order valence-electron chi connectivity index (χ1n) is 10.5. The number of carbonyl (C=O) groups excluding carboxylic acids is 2. The highest BCUT2D eigenvalue weighted by atomic mass is 35.5. The molecule has 166 valence electrons. The van der Waals surface area contributed by atoms with E-state index in [1.807, 2.05) is 48.5 Å². The van der Waals surface area contributed by atoms with Crippen LogP contribution in [0.25, 0.3) is 22.2 Å². The van der Waals surface area contributed by atoms with Crippen LogP contribution in [0.5, 0.6) is 5.75 Å². The van der Waals surface area contributed by atoms with Crippen LogP contribution in [0.15, 0.2) is 78.9 Å². The molecule has 0 saturated heterocycles. The van der Waals surface area contributed by atoms with Crippen molar-refractivity contribution in [1.29, 1.82) is 0 Å². The van der Waals surface area contributed by atoms with Crippen LogP contribution in [0.1, 0.15) is 35.4 Å². The molecule has 6 heteroatoms. The Hall–Kier alpha value is -3.70. The van der Waals surface area contributed by atoms with Gasteiger partial charge in [-0.05, 0) is 19.1 Å². The summed E-state index contributed by atoms with van der Waals surface area (Å²) in [5.41, 5.74) is 3.16. The van der Waals surface area contributed by atoms with Gasteiger partial charge < -0.3 is 9.47 Å². The second kappa shape index (κ2) is 9.84. The summed E-state index contributed by atoms with van der Waals surface area (Å²) >= 11 is 6.83. The minimum absolute atomic E-state index is 0.300. The van der Waals surface area contributed by atoms with Gasteiger partial charge in [0.05, 0.1) is 23.3 Å². The third-order valence-electron chi connectivity index (χ3n) is 5.33. The van der Waals surface area contributed by atoms with E-state index < -0.39 is 12.1 Å². The van der Waals surface area contributed by atoms with Gasteiger partial charge in [-0.25, -0.2) is 4.98 Å². The van der Waals surface area contributed by atoms with Gasteiger partial charge in [-0.1, -0.05) is 72.3 Å². The number of esters is 1. The Morgan fingerprint density at radius 1 is 0.970 bits per heavy atom. The fraction of sp³-hybridized carbons (Fsp3) is 0.148. The minimum atomic E-state index is -0.720. The van der Waals surface area contributed by atoms with Crippen LogP contribution in [-0.2, 0) is 9.53 Å². The molecule has 0 N–H and O–H groups in total. The second-order valence-corrected chi connectivity index (χ2v) is 7.91. The summed E-state index contributed by atoms with van der Waals surface area (Å²) in [6, 6.07) is 23.7. The first-order chi connectivity index (χ1) is 16.0. The van der Waals surface area contributed by atoms with Gasteiger partial charge in [0, 0.05) is 28.1 Å². The molecule has 1 aromatic heterocycles. The van der Waals surface area contributed by atoms with E-state index in [1.165, 1.54) is 0 Å². The molecule has 4 rings (SSSR count). The molecule has 33 heavy (non-hydrogen) atoms. The molecule has 0 amide bonds. The number of Topliss-reactive ketones (excluding diaryl/α,β-unsaturated/α-hetero) is 1. The summed E-state index contributed by atoms with van der Waals surface area (Å²) in [7, 11) is 1.59. The third kappa shape index (κ3) is 4.89. The van der Waals surface area contributed by atoms with Crippen molar-refractivity contribution < 1.29 is 19.1 Å². The van der Waals surface area contributed by atoms with Crippen LogP contribution in [0.4, 0.5) is 0 Å². The number of ether oxygens (including phenoxy) is 2. The van der Waals surface area contributed by atoms with Crippen molar-refractivity contribution in [3.63, 3.8) is 0 Å². The molecular formula is C27H22ClNO4. The standard InChI is InChI=1S/C27H22ClNO4/c1-17(33-24(31)16-23(30)18-9-5-3-6-10-18)25-26(28)21-14-13-20(32-2)15-22(21)29-27(25)19-11-7-4-8-12-19/h3-15,17H,16H2,1-2H3. The number of ketones is 1. The highest BCUT2D eigenvalue weighted by Gasteiger charge is 2.24. The summed E-state index contributed by atoms with van der Waals surface area (Å²) in [6.07, 6.45) is -1.08. The summed E-state index contributed by atoms with van der Waals surface area (Å²) in [4.78, 5) is 29.8. The molecule has 4 aromatic rings. The number of aromatic nitrogens is 1. The van der Waals surface area contributed by atoms with Crippen molar-refractivity contribution >= 4 is 34.3 Å². The zero-order chi connectivity index (χ0) is 23.4. The molecule has 0 spiro atoms. The van der Waals surface area contributed by atoms with Crippen LogP contribution in [0.2, 0.25) is 5.02 Å². The lowest BCUT2D eigenvalue weighted by molar-refractivity contribution is -0.147. The van der Waals surface area contributed by atoms with Gasteiger partial charge in [-0.2, -0.15) is 0 Å². The summed E-state index contributed by atoms with van der Waals surface area (Å²) in [5.74, 6) is -0.260. The van der Waals surface area contributed by atoms with E-state index in [-0.39, 0.29) is 12.2 Å². The van der Waals surface area contributed by atoms with E-state index in [9.17, 15) is 9.59 Å². The lowest BCUT2D eigenvalue weighted by atomic mass is 9.99. The van der Waals surface area contributed by atoms with Crippen molar-refractivity contribution in [3.05, 3.63) is 95.0 Å². The Labute approximate surface area is 196 Å². The SMILES string of the molecule is COc1ccc2c(Cl)c(C(C)OC(=O)CC(=O)c3ccccc3)c(-c3ccccc3)nc2c1. The van der Waals surface area contributed by atoms with Gasteiger partial charge in [-0.15, -0.1) is 0 Å². The molecule has 5 nitrogen and oxygen atoms in total. The quantitative estimate of drug-likeness (QED) is 0.181. The molecule has 3 aromatic carbocycles. The first kappa shape index (κ1) is 22.5. The van der Waals surface area contributed by atoms with Gasteiger partial charge in [0.15, 0.2) is 5.78 Å². The lowest BCUT2D eigenvalue weighted by Crippen LogP contribution is -2.15. The Morgan fingerprint density at radius 3 is 2.30 bits per heavy atom. The van der Waals surface area contributed by atoms with Crippen molar-refractivity contribution in [3.8, 4) is 17.0 Å². The van der Waals surface area contributed by atoms with Crippen LogP contribution < -0.4 is 4.74 Å². The number of benzene rings is 3. The largest absolute Gasteiger partial charge is 0.497 e. The molecule has 0 radical (unpaired) electrons. The Kier molecular flexibility index (Phi) is 6.71. The smallest absolute Gasteiger partial charge is 0.314 e. The van der Waals surface area contributed by atoms with E-state index >= 15 is 0 Å². The number of nitrogens with zero attached hydrogens (tertiary/aromatic N) is 1. The van der Waals surface area contributed by atoms with E-state index in [4.69, 9.17) is 26.1 Å². The molecule has 0 fully saturated rings. The Bertz CT molecular complexity index is 1310. The first-order valence-corrected chi connectivity index (χ1v) is 10.9. The van der Waals surface area contributed by atoms with E-state index in [1.54, 1.807) is 44.4 Å². The van der Waals surface area contributed by atoms with Gasteiger partial charge >= 0.3 is 5.97 Å². The Morgan fingerprint density at radius 2 is 1.64 bits per heavy atom. The molecule has 0 aliphatic rings. The van der Waals surface area contributed by atoms with Gasteiger partial charge in [-0.3, -0.25) is 9.59 Å². The Balaban J connectivity index is 1.70. The van der Waals surface area contributed by atoms with Crippen LogP contribution in [-0.4, -0.2) is 23.8 Å². The molecule has 0 saturated carbocycles. The summed E-state index contributed by atoms with van der Waals surface area (Å²) in [5, 5.41) is 1.16. The zero-order valence-electron chi connectivity index (χ0n) is 18.2. The number of fused-ring (bicyclic) bond motifs is 1. The van der Waals surface area contributed by atoms with Gasteiger partial charge in [0.1, 0.15) is 18.3 Å². The van der Waals surface area contributed by atoms with Crippen LogP contribution in [0, 0.1) is 0 Å². The second-order valence-electron chi connectivity index (χ2n) is 7.54. The molecule has 0 aliphatic carbocycles. The summed E-state index contributed by atoms with van der Waals surface area (Å²) < 4.78 is 11.0. The number of methoxy groups -OCH3 is 1. The molecule has 1 unspecified atom stereocenters. The maximum atomic E-state index is 12.6. The zero-order valence-corrected chi connectivity index (χ0v) is 19.0. The highest BCUT2D eigenvalue weighted by molar-refractivity contribution is 6.36. The monoisotopic (exact) mass is 459 g/mol. The molecule has 1 heterocycles. The average molecular weight is 460 g/mol. The lowest BCUT2D eigenvalue weighted by Gasteiger charge is -2.20. The van der Waals surface area contributed by atoms with Gasteiger partial charge in [0.25, 0.3) is 0 Å². The van der Waals surface area contributed by atoms with Crippen molar-refractivity contribution in [2.75, 3.05) is 7.11 Å². The number of carbonyl (C=O) groups is 2. The maximum absolute atomic E-state index is 12.6. The van der Waals surface area contributed by atoms with Crippen LogP contribution >= 0.6 is 11.6 Å². The fourth-order valence-corrected chi connectivity index (χ4v) is 4.09. The predicted octanol–water partition coefficient (Wildman–Crippen LogP) is 6.44. The number of hydrogen-bond acceptors (Lipinski definition) is 5. The number of pyridine rings is 1. The third-order valence-corrected chi connectivity index (χ3v) is 5.74. The highest BCUT2D eigenvalue weighted by Crippen LogP contribution is 2.39. The minimum Gasteiger partial charge on any atom is -0.497 e. The molecular weight excluding hydrogens is 438 g/mol. The predicted molar refractivity (Wildman–Crippen MR) is 129 cm³/mol. The topological polar surface area (TPSA) is 65.5 Å². The van der Waals surface area contributed by atoms with E-state index in [2.05, 4.69) is 0 Å². The molecule has 0 bridgehead atoms. The van der Waals surface area contributed by atoms with E-state index in [0.717, 1.165) is 10.9 Å². The maximum Gasteiger partial charge on any atom is 0.314 e. The van der Waals surface area contributed by atoms with Crippen molar-refractivity contribution in [2.45, 2.75) is 19.4 Å². The van der Waals surface area contributed by atoms with Gasteiger partial charge in [0.2, 0.25) is 0 Å². The van der Waals surface area contributed by atoms with Crippen LogP contribution in [0.3, 0.4) is 0 Å². The van der Waals surface area contributed by atoms with Crippen molar-refractivity contribution in [2.24, 2.45) is 0 Å². The number of rotatable bonds is 7. The van der Waals surface area contributed by atoms with E-state index in [0.29, 0.717) is 33.1 Å². The number of hydrogen-bond donors (Lipinski definition) is 0. The normalized spacial score (nSPS) is 11.7. The number of halogens is 1. The molecule has 1 atom stereocenters. The summed E-state index contributed by atoms with van der Waals surface area (Å²) in [6.45, 7) is 1.73. The average Bonchev–Trinajstić information content (AvgIpc) is 2.84. The fourth-order valence-electron chi connectivity index (χ4n) is 3.69.